The van der Waals surface area contributed by atoms with Gasteiger partial charge in [-0.15, -0.1) is 0 Å². The van der Waals surface area contributed by atoms with Crippen LogP contribution in [0.2, 0.25) is 0 Å². The molecule has 0 aliphatic carbocycles. The zero-order valence-corrected chi connectivity index (χ0v) is 13.4. The van der Waals surface area contributed by atoms with Gasteiger partial charge in [-0.05, 0) is 39.0 Å². The predicted molar refractivity (Wildman–Crippen MR) is 86.8 cm³/mol. The van der Waals surface area contributed by atoms with Gasteiger partial charge >= 0.3 is 6.09 Å². The Morgan fingerprint density at radius 3 is 2.68 bits per heavy atom. The summed E-state index contributed by atoms with van der Waals surface area (Å²) in [4.78, 5) is 11.8. The number of nitrogens with zero attached hydrogens (tertiary/aromatic N) is 2. The fourth-order valence-corrected chi connectivity index (χ4v) is 1.90. The fourth-order valence-electron chi connectivity index (χ4n) is 1.90. The van der Waals surface area contributed by atoms with Crippen LogP contribution in [0.3, 0.4) is 0 Å². The van der Waals surface area contributed by atoms with E-state index < -0.39 is 11.7 Å². The van der Waals surface area contributed by atoms with Gasteiger partial charge in [0.1, 0.15) is 5.60 Å². The van der Waals surface area contributed by atoms with Gasteiger partial charge in [-0.1, -0.05) is 6.07 Å². The summed E-state index contributed by atoms with van der Waals surface area (Å²) in [5.41, 5.74) is 2.18. The van der Waals surface area contributed by atoms with Crippen LogP contribution in [0.5, 0.6) is 0 Å². The second-order valence-corrected chi connectivity index (χ2v) is 6.08. The molecule has 6 heteroatoms. The van der Waals surface area contributed by atoms with Crippen molar-refractivity contribution >= 4 is 17.5 Å². The highest BCUT2D eigenvalue weighted by Crippen LogP contribution is 2.17. The Bertz CT molecular complexity index is 644. The molecule has 22 heavy (non-hydrogen) atoms. The Balaban J connectivity index is 1.93. The third-order valence-corrected chi connectivity index (χ3v) is 2.76. The minimum atomic E-state index is -0.514. The molecule has 0 fully saturated rings. The standard InChI is InChI=1S/C16H22N4O2/c1-16(2,3)22-15(21)19-14-7-5-6-13(8-14)17-9-12-10-18-20(4)11-12/h5-8,10-11,17H,9H2,1-4H3,(H,19,21). The van der Waals surface area contributed by atoms with E-state index in [1.54, 1.807) is 4.68 Å². The first-order chi connectivity index (χ1) is 10.3. The maximum absolute atomic E-state index is 11.8. The van der Waals surface area contributed by atoms with E-state index in [4.69, 9.17) is 4.74 Å². The Hall–Kier alpha value is -2.50. The van der Waals surface area contributed by atoms with Crippen LogP contribution in [-0.2, 0) is 18.3 Å². The lowest BCUT2D eigenvalue weighted by Gasteiger charge is -2.19. The number of amides is 1. The Kier molecular flexibility index (Phi) is 4.70. The van der Waals surface area contributed by atoms with Gasteiger partial charge in [-0.25, -0.2) is 4.79 Å². The number of aryl methyl sites for hydroxylation is 1. The summed E-state index contributed by atoms with van der Waals surface area (Å²) >= 11 is 0. The Morgan fingerprint density at radius 2 is 2.05 bits per heavy atom. The minimum absolute atomic E-state index is 0.461. The third kappa shape index (κ3) is 5.12. The van der Waals surface area contributed by atoms with Crippen LogP contribution in [0.25, 0.3) is 0 Å². The molecule has 0 spiro atoms. The number of rotatable bonds is 4. The van der Waals surface area contributed by atoms with Crippen molar-refractivity contribution < 1.29 is 9.53 Å². The maximum atomic E-state index is 11.8. The van der Waals surface area contributed by atoms with Crippen molar-refractivity contribution in [1.82, 2.24) is 9.78 Å². The molecule has 2 rings (SSSR count). The number of hydrogen-bond acceptors (Lipinski definition) is 4. The molecule has 1 heterocycles. The monoisotopic (exact) mass is 302 g/mol. The van der Waals surface area contributed by atoms with Crippen LogP contribution in [0.1, 0.15) is 26.3 Å². The number of anilines is 2. The summed E-state index contributed by atoms with van der Waals surface area (Å²) in [7, 11) is 1.88. The molecule has 1 aromatic heterocycles. The summed E-state index contributed by atoms with van der Waals surface area (Å²) in [5, 5.41) is 10.1. The van der Waals surface area contributed by atoms with Crippen molar-refractivity contribution in [2.75, 3.05) is 10.6 Å². The van der Waals surface area contributed by atoms with Gasteiger partial charge in [0.15, 0.2) is 0 Å². The number of carbonyl (C=O) groups is 1. The van der Waals surface area contributed by atoms with E-state index in [0.717, 1.165) is 11.3 Å². The van der Waals surface area contributed by atoms with E-state index in [9.17, 15) is 4.79 Å². The largest absolute Gasteiger partial charge is 0.444 e. The highest BCUT2D eigenvalue weighted by atomic mass is 16.6. The molecule has 0 atom stereocenters. The molecular weight excluding hydrogens is 280 g/mol. The first-order valence-corrected chi connectivity index (χ1v) is 7.13. The summed E-state index contributed by atoms with van der Waals surface area (Å²) in [5.74, 6) is 0. The van der Waals surface area contributed by atoms with Crippen LogP contribution in [0.15, 0.2) is 36.7 Å². The predicted octanol–water partition coefficient (Wildman–Crippen LogP) is 3.38. The van der Waals surface area contributed by atoms with Crippen molar-refractivity contribution in [2.24, 2.45) is 7.05 Å². The van der Waals surface area contributed by atoms with Gasteiger partial charge in [0, 0.05) is 36.7 Å². The third-order valence-electron chi connectivity index (χ3n) is 2.76. The minimum Gasteiger partial charge on any atom is -0.444 e. The van der Waals surface area contributed by atoms with Gasteiger partial charge in [0.05, 0.1) is 6.20 Å². The smallest absolute Gasteiger partial charge is 0.412 e. The van der Waals surface area contributed by atoms with Crippen LogP contribution >= 0.6 is 0 Å². The van der Waals surface area contributed by atoms with E-state index in [0.29, 0.717) is 12.2 Å². The van der Waals surface area contributed by atoms with E-state index >= 15 is 0 Å². The van der Waals surface area contributed by atoms with E-state index in [1.165, 1.54) is 0 Å². The van der Waals surface area contributed by atoms with Gasteiger partial charge < -0.3 is 10.1 Å². The summed E-state index contributed by atoms with van der Waals surface area (Å²) < 4.78 is 6.99. The van der Waals surface area contributed by atoms with E-state index in [2.05, 4.69) is 15.7 Å². The van der Waals surface area contributed by atoms with Crippen LogP contribution < -0.4 is 10.6 Å². The van der Waals surface area contributed by atoms with E-state index in [1.807, 2.05) is 64.5 Å². The molecule has 0 bridgehead atoms. The quantitative estimate of drug-likeness (QED) is 0.908. The summed E-state index contributed by atoms with van der Waals surface area (Å²) in [6.07, 6.45) is 3.31. The lowest BCUT2D eigenvalue weighted by Crippen LogP contribution is -2.27. The van der Waals surface area contributed by atoms with Gasteiger partial charge in [0.2, 0.25) is 0 Å². The molecular formula is C16H22N4O2. The average Bonchev–Trinajstić information content (AvgIpc) is 2.80. The average molecular weight is 302 g/mol. The van der Waals surface area contributed by atoms with Gasteiger partial charge in [0.25, 0.3) is 0 Å². The highest BCUT2D eigenvalue weighted by molar-refractivity contribution is 5.85. The number of carbonyl (C=O) groups excluding carboxylic acids is 1. The second kappa shape index (κ2) is 6.51. The maximum Gasteiger partial charge on any atom is 0.412 e. The van der Waals surface area contributed by atoms with Crippen molar-refractivity contribution in [3.8, 4) is 0 Å². The topological polar surface area (TPSA) is 68.2 Å². The zero-order chi connectivity index (χ0) is 16.2. The second-order valence-electron chi connectivity index (χ2n) is 6.08. The zero-order valence-electron chi connectivity index (χ0n) is 13.4. The van der Waals surface area contributed by atoms with Crippen LogP contribution in [-0.4, -0.2) is 21.5 Å². The van der Waals surface area contributed by atoms with E-state index in [-0.39, 0.29) is 0 Å². The first kappa shape index (κ1) is 15.9. The molecule has 1 amide bonds. The number of benzene rings is 1. The molecule has 0 aliphatic rings. The SMILES string of the molecule is Cn1cc(CNc2cccc(NC(=O)OC(C)(C)C)c2)cn1. The molecule has 0 radical (unpaired) electrons. The number of hydrogen-bond donors (Lipinski definition) is 2. The number of aromatic nitrogens is 2. The van der Waals surface area contributed by atoms with Crippen molar-refractivity contribution in [3.05, 3.63) is 42.2 Å². The Labute approximate surface area is 130 Å². The molecule has 6 nitrogen and oxygen atoms in total. The lowest BCUT2D eigenvalue weighted by molar-refractivity contribution is 0.0636. The number of nitrogens with one attached hydrogen (secondary N) is 2. The first-order valence-electron chi connectivity index (χ1n) is 7.13. The number of ether oxygens (including phenoxy) is 1. The molecule has 2 N–H and O–H groups in total. The molecule has 2 aromatic rings. The Morgan fingerprint density at radius 1 is 1.32 bits per heavy atom. The summed E-state index contributed by atoms with van der Waals surface area (Å²) in [6, 6.07) is 7.49. The normalized spacial score (nSPS) is 11.1. The molecule has 118 valence electrons. The summed E-state index contributed by atoms with van der Waals surface area (Å²) in [6.45, 7) is 6.17. The van der Waals surface area contributed by atoms with Crippen molar-refractivity contribution in [1.29, 1.82) is 0 Å². The fraction of sp³-hybridized carbons (Fsp3) is 0.375. The van der Waals surface area contributed by atoms with Crippen molar-refractivity contribution in [3.63, 3.8) is 0 Å². The van der Waals surface area contributed by atoms with Crippen molar-refractivity contribution in [2.45, 2.75) is 32.9 Å². The highest BCUT2D eigenvalue weighted by Gasteiger charge is 2.16. The molecule has 0 saturated heterocycles. The lowest BCUT2D eigenvalue weighted by atomic mass is 10.2. The molecule has 0 unspecified atom stereocenters. The van der Waals surface area contributed by atoms with Crippen LogP contribution in [0, 0.1) is 0 Å². The van der Waals surface area contributed by atoms with Crippen LogP contribution in [0.4, 0.5) is 16.2 Å². The molecule has 0 saturated carbocycles. The molecule has 0 aliphatic heterocycles. The van der Waals surface area contributed by atoms with Gasteiger partial charge in [-0.3, -0.25) is 10.00 Å². The molecule has 1 aromatic carbocycles. The van der Waals surface area contributed by atoms with Gasteiger partial charge in [-0.2, -0.15) is 5.10 Å².